The van der Waals surface area contributed by atoms with Gasteiger partial charge in [0.15, 0.2) is 5.16 Å². The van der Waals surface area contributed by atoms with Crippen LogP contribution in [-0.2, 0) is 4.79 Å². The molecule has 0 radical (unpaired) electrons. The first-order chi connectivity index (χ1) is 15.9. The van der Waals surface area contributed by atoms with Crippen LogP contribution in [0.25, 0.3) is 16.6 Å². The smallest absolute Gasteiger partial charge is 0.266 e. The van der Waals surface area contributed by atoms with Gasteiger partial charge in [-0.2, -0.15) is 5.10 Å². The molecule has 3 aromatic carbocycles. The zero-order valence-electron chi connectivity index (χ0n) is 17.5. The summed E-state index contributed by atoms with van der Waals surface area (Å²) in [5, 5.41) is 5.63. The number of hydrazone groups is 1. The van der Waals surface area contributed by atoms with Gasteiger partial charge in [-0.1, -0.05) is 76.9 Å². The van der Waals surface area contributed by atoms with Gasteiger partial charge in [-0.25, -0.2) is 10.4 Å². The van der Waals surface area contributed by atoms with E-state index in [-0.39, 0.29) is 17.2 Å². The van der Waals surface area contributed by atoms with Crippen LogP contribution in [0.4, 0.5) is 0 Å². The van der Waals surface area contributed by atoms with Crippen LogP contribution >= 0.6 is 35.0 Å². The molecule has 166 valence electrons. The first kappa shape index (κ1) is 23.0. The number of amides is 1. The average molecular weight is 497 g/mol. The highest BCUT2D eigenvalue weighted by Crippen LogP contribution is 2.24. The molecule has 0 aliphatic heterocycles. The Kier molecular flexibility index (Phi) is 7.13. The highest BCUT2D eigenvalue weighted by molar-refractivity contribution is 7.99. The maximum Gasteiger partial charge on any atom is 0.266 e. The van der Waals surface area contributed by atoms with Crippen molar-refractivity contribution in [1.82, 2.24) is 15.0 Å². The summed E-state index contributed by atoms with van der Waals surface area (Å²) < 4.78 is 1.52. The number of halogens is 2. The zero-order chi connectivity index (χ0) is 23.4. The fourth-order valence-electron chi connectivity index (χ4n) is 3.09. The lowest BCUT2D eigenvalue weighted by Gasteiger charge is -2.13. The van der Waals surface area contributed by atoms with Crippen molar-refractivity contribution in [3.05, 3.63) is 98.3 Å². The maximum atomic E-state index is 13.2. The number of nitrogens with one attached hydrogen (secondary N) is 1. The van der Waals surface area contributed by atoms with Gasteiger partial charge < -0.3 is 0 Å². The number of hydrogen-bond acceptors (Lipinski definition) is 5. The van der Waals surface area contributed by atoms with E-state index in [4.69, 9.17) is 23.2 Å². The molecule has 0 fully saturated rings. The maximum absolute atomic E-state index is 13.2. The molecule has 9 heteroatoms. The van der Waals surface area contributed by atoms with Crippen molar-refractivity contribution in [3.8, 4) is 5.69 Å². The van der Waals surface area contributed by atoms with Crippen molar-refractivity contribution in [2.75, 3.05) is 5.75 Å². The summed E-state index contributed by atoms with van der Waals surface area (Å²) in [7, 11) is 0. The van der Waals surface area contributed by atoms with E-state index in [0.29, 0.717) is 37.4 Å². The average Bonchev–Trinajstić information content (AvgIpc) is 2.81. The molecule has 0 aliphatic carbocycles. The number of rotatable bonds is 6. The Morgan fingerprint density at radius 2 is 1.85 bits per heavy atom. The van der Waals surface area contributed by atoms with E-state index in [9.17, 15) is 9.59 Å². The molecule has 1 N–H and O–H groups in total. The molecule has 1 heterocycles. The van der Waals surface area contributed by atoms with Gasteiger partial charge >= 0.3 is 0 Å². The minimum Gasteiger partial charge on any atom is -0.272 e. The number of nitrogens with zero attached hydrogens (tertiary/aromatic N) is 3. The predicted octanol–water partition coefficient (Wildman–Crippen LogP) is 5.24. The van der Waals surface area contributed by atoms with E-state index in [0.717, 1.165) is 17.3 Å². The summed E-state index contributed by atoms with van der Waals surface area (Å²) in [6.45, 7) is 1.97. The molecule has 0 aliphatic rings. The number of carbonyl (C=O) groups excluding carboxylic acids is 1. The molecule has 1 amide bonds. The second-order valence-electron chi connectivity index (χ2n) is 7.11. The van der Waals surface area contributed by atoms with Gasteiger partial charge in [-0.15, -0.1) is 0 Å². The van der Waals surface area contributed by atoms with E-state index in [1.54, 1.807) is 36.4 Å². The van der Waals surface area contributed by atoms with Crippen LogP contribution in [0.3, 0.4) is 0 Å². The quantitative estimate of drug-likeness (QED) is 0.171. The Morgan fingerprint density at radius 3 is 2.64 bits per heavy atom. The zero-order valence-corrected chi connectivity index (χ0v) is 19.8. The summed E-state index contributed by atoms with van der Waals surface area (Å²) in [6.07, 6.45) is 1.42. The fraction of sp³-hybridized carbons (Fsp3) is 0.0833. The number of para-hydroxylation sites is 1. The van der Waals surface area contributed by atoms with Crippen molar-refractivity contribution < 1.29 is 4.79 Å². The first-order valence-electron chi connectivity index (χ1n) is 9.91. The Morgan fingerprint density at radius 1 is 1.09 bits per heavy atom. The molecule has 0 bridgehead atoms. The van der Waals surface area contributed by atoms with Crippen LogP contribution in [0.2, 0.25) is 10.0 Å². The molecule has 4 aromatic rings. The van der Waals surface area contributed by atoms with Crippen molar-refractivity contribution in [2.45, 2.75) is 12.1 Å². The number of thioether (sulfide) groups is 1. The van der Waals surface area contributed by atoms with Crippen molar-refractivity contribution in [2.24, 2.45) is 5.10 Å². The highest BCUT2D eigenvalue weighted by atomic mass is 35.5. The molecule has 0 saturated heterocycles. The van der Waals surface area contributed by atoms with Gasteiger partial charge in [-0.3, -0.25) is 14.2 Å². The fourth-order valence-corrected chi connectivity index (χ4v) is 4.25. The number of hydrogen-bond donors (Lipinski definition) is 1. The third-order valence-electron chi connectivity index (χ3n) is 4.74. The van der Waals surface area contributed by atoms with Crippen molar-refractivity contribution in [1.29, 1.82) is 0 Å². The second kappa shape index (κ2) is 10.2. The molecule has 0 unspecified atom stereocenters. The Balaban J connectivity index is 1.56. The number of benzene rings is 3. The van der Waals surface area contributed by atoms with Crippen LogP contribution in [0, 0.1) is 6.92 Å². The third kappa shape index (κ3) is 5.27. The summed E-state index contributed by atoms with van der Waals surface area (Å²) in [5.41, 5.74) is 5.18. The van der Waals surface area contributed by atoms with Gasteiger partial charge in [0, 0.05) is 5.56 Å². The summed E-state index contributed by atoms with van der Waals surface area (Å²) in [4.78, 5) is 30.2. The van der Waals surface area contributed by atoms with Crippen LogP contribution < -0.4 is 11.0 Å². The molecular weight excluding hydrogens is 479 g/mol. The summed E-state index contributed by atoms with van der Waals surface area (Å²) in [6, 6.07) is 19.8. The molecule has 4 rings (SSSR count). The highest BCUT2D eigenvalue weighted by Gasteiger charge is 2.14. The largest absolute Gasteiger partial charge is 0.272 e. The third-order valence-corrected chi connectivity index (χ3v) is 6.52. The van der Waals surface area contributed by atoms with Gasteiger partial charge in [-0.05, 0) is 37.3 Å². The Bertz CT molecular complexity index is 1420. The number of aromatic nitrogens is 2. The number of carbonyl (C=O) groups is 1. The van der Waals surface area contributed by atoms with E-state index < -0.39 is 0 Å². The SMILES string of the molecule is Cc1ccc(-n2c(SCC(=O)NN=Cc3cccc(Cl)c3Cl)nc3ccccc3c2=O)cc1. The normalized spacial score (nSPS) is 11.2. The van der Waals surface area contributed by atoms with Crippen molar-refractivity contribution in [3.63, 3.8) is 0 Å². The lowest BCUT2D eigenvalue weighted by Crippen LogP contribution is -2.24. The molecule has 0 atom stereocenters. The summed E-state index contributed by atoms with van der Waals surface area (Å²) >= 11 is 13.3. The second-order valence-corrected chi connectivity index (χ2v) is 8.84. The molecule has 33 heavy (non-hydrogen) atoms. The minimum absolute atomic E-state index is 0.0112. The lowest BCUT2D eigenvalue weighted by atomic mass is 10.2. The van der Waals surface area contributed by atoms with E-state index in [1.165, 1.54) is 10.8 Å². The molecule has 0 spiro atoms. The van der Waals surface area contributed by atoms with Crippen molar-refractivity contribution >= 4 is 58.0 Å². The number of fused-ring (bicyclic) bond motifs is 1. The van der Waals surface area contributed by atoms with Crippen LogP contribution in [-0.4, -0.2) is 27.4 Å². The minimum atomic E-state index is -0.354. The summed E-state index contributed by atoms with van der Waals surface area (Å²) in [5.74, 6) is -0.343. The molecular formula is C24H18Cl2N4O2S. The topological polar surface area (TPSA) is 76.3 Å². The van der Waals surface area contributed by atoms with E-state index in [1.807, 2.05) is 37.3 Å². The van der Waals surface area contributed by atoms with Crippen LogP contribution in [0.15, 0.2) is 81.8 Å². The van der Waals surface area contributed by atoms with Gasteiger partial charge in [0.05, 0.1) is 38.6 Å². The van der Waals surface area contributed by atoms with E-state index in [2.05, 4.69) is 15.5 Å². The molecule has 1 aromatic heterocycles. The standard InChI is InChI=1S/C24H18Cl2N4O2S/c1-15-9-11-17(12-10-15)30-23(32)18-6-2-3-8-20(18)28-24(30)33-14-21(31)29-27-13-16-5-4-7-19(25)22(16)26/h2-13H,14H2,1H3,(H,29,31). The van der Waals surface area contributed by atoms with Gasteiger partial charge in [0.25, 0.3) is 11.5 Å². The first-order valence-corrected chi connectivity index (χ1v) is 11.7. The van der Waals surface area contributed by atoms with Gasteiger partial charge in [0.1, 0.15) is 0 Å². The predicted molar refractivity (Wildman–Crippen MR) is 135 cm³/mol. The lowest BCUT2D eigenvalue weighted by molar-refractivity contribution is -0.118. The molecule has 6 nitrogen and oxygen atoms in total. The van der Waals surface area contributed by atoms with Crippen LogP contribution in [0.1, 0.15) is 11.1 Å². The van der Waals surface area contributed by atoms with Gasteiger partial charge in [0.2, 0.25) is 0 Å². The Hall–Kier alpha value is -3.13. The number of aryl methyl sites for hydroxylation is 1. The van der Waals surface area contributed by atoms with Crippen LogP contribution in [0.5, 0.6) is 0 Å². The molecule has 0 saturated carbocycles. The Labute approximate surface area is 204 Å². The van der Waals surface area contributed by atoms with E-state index >= 15 is 0 Å². The monoisotopic (exact) mass is 496 g/mol.